The Balaban J connectivity index is 1.33. The van der Waals surface area contributed by atoms with Crippen LogP contribution in [0.2, 0.25) is 0 Å². The molecule has 0 amide bonds. The second-order valence-electron chi connectivity index (χ2n) is 15.4. The summed E-state index contributed by atoms with van der Waals surface area (Å²) in [6.45, 7) is 6.59. The lowest BCUT2D eigenvalue weighted by molar-refractivity contribution is 0.668. The number of aryl methyl sites for hydroxylation is 3. The van der Waals surface area contributed by atoms with Gasteiger partial charge in [-0.2, -0.15) is 0 Å². The number of nitrogens with zero attached hydrogens (tertiary/aromatic N) is 2. The standard InChI is InChI=1S/C56H42N2O/c1-36-19-10-12-26-42(36)44-28-14-16-30-46(44)54(47-31-17-15-29-45(47)43-27-13-11-20-37(43)2)48-33-41(34-52-55(48)53-38(3)21-18-32-51(53)59-52)56-57-49(39-22-6-4-7-23-39)35-50(58-56)40-24-8-5-9-25-40/h4-35,54H,1-3H3. The van der Waals surface area contributed by atoms with Crippen molar-refractivity contribution in [1.29, 1.82) is 0 Å². The maximum Gasteiger partial charge on any atom is 0.160 e. The van der Waals surface area contributed by atoms with Crippen LogP contribution in [0.3, 0.4) is 0 Å². The van der Waals surface area contributed by atoms with E-state index in [2.05, 4.69) is 203 Å². The lowest BCUT2D eigenvalue weighted by Crippen LogP contribution is -2.09. The van der Waals surface area contributed by atoms with Crippen molar-refractivity contribution in [3.8, 4) is 56.2 Å². The van der Waals surface area contributed by atoms with Crippen LogP contribution in [-0.2, 0) is 0 Å². The molecule has 3 nitrogen and oxygen atoms in total. The van der Waals surface area contributed by atoms with E-state index in [9.17, 15) is 0 Å². The first-order valence-electron chi connectivity index (χ1n) is 20.3. The van der Waals surface area contributed by atoms with E-state index in [1.54, 1.807) is 0 Å². The molecule has 0 saturated carbocycles. The molecule has 282 valence electrons. The molecule has 0 unspecified atom stereocenters. The van der Waals surface area contributed by atoms with Gasteiger partial charge in [0, 0.05) is 33.4 Å². The molecule has 10 aromatic rings. The summed E-state index contributed by atoms with van der Waals surface area (Å²) in [6.07, 6.45) is 0. The number of hydrogen-bond donors (Lipinski definition) is 0. The van der Waals surface area contributed by atoms with Gasteiger partial charge in [0.05, 0.1) is 11.4 Å². The number of aromatic nitrogens is 2. The largest absolute Gasteiger partial charge is 0.456 e. The van der Waals surface area contributed by atoms with E-state index in [0.29, 0.717) is 5.82 Å². The van der Waals surface area contributed by atoms with Crippen molar-refractivity contribution in [2.75, 3.05) is 0 Å². The monoisotopic (exact) mass is 758 g/mol. The van der Waals surface area contributed by atoms with E-state index in [0.717, 1.165) is 55.6 Å². The molecule has 0 aliphatic rings. The molecule has 10 rings (SSSR count). The maximum absolute atomic E-state index is 6.90. The highest BCUT2D eigenvalue weighted by molar-refractivity contribution is 6.10. The maximum atomic E-state index is 6.90. The number of benzene rings is 8. The molecule has 59 heavy (non-hydrogen) atoms. The minimum Gasteiger partial charge on any atom is -0.456 e. The van der Waals surface area contributed by atoms with E-state index in [1.807, 2.05) is 12.1 Å². The van der Waals surface area contributed by atoms with Crippen molar-refractivity contribution in [3.05, 3.63) is 228 Å². The van der Waals surface area contributed by atoms with Crippen molar-refractivity contribution in [3.63, 3.8) is 0 Å². The third-order valence-corrected chi connectivity index (χ3v) is 11.7. The molecule has 8 aromatic carbocycles. The summed E-state index contributed by atoms with van der Waals surface area (Å²) in [5.41, 5.74) is 18.4. The predicted octanol–water partition coefficient (Wildman–Crippen LogP) is 14.8. The normalized spacial score (nSPS) is 11.5. The van der Waals surface area contributed by atoms with Crippen molar-refractivity contribution >= 4 is 21.9 Å². The Morgan fingerprint density at radius 3 is 1.37 bits per heavy atom. The van der Waals surface area contributed by atoms with Crippen LogP contribution in [0.4, 0.5) is 0 Å². The second kappa shape index (κ2) is 15.2. The van der Waals surface area contributed by atoms with E-state index >= 15 is 0 Å². The van der Waals surface area contributed by atoms with E-state index in [4.69, 9.17) is 14.4 Å². The van der Waals surface area contributed by atoms with Crippen LogP contribution in [0.5, 0.6) is 0 Å². The number of rotatable bonds is 8. The summed E-state index contributed by atoms with van der Waals surface area (Å²) in [7, 11) is 0. The van der Waals surface area contributed by atoms with Crippen LogP contribution in [0.25, 0.3) is 78.1 Å². The average Bonchev–Trinajstić information content (AvgIpc) is 3.68. The van der Waals surface area contributed by atoms with Crippen LogP contribution in [-0.4, -0.2) is 9.97 Å². The average molecular weight is 759 g/mol. The van der Waals surface area contributed by atoms with E-state index < -0.39 is 0 Å². The van der Waals surface area contributed by atoms with Crippen LogP contribution in [0.15, 0.2) is 199 Å². The Morgan fingerprint density at radius 2 is 0.831 bits per heavy atom. The van der Waals surface area contributed by atoms with Crippen molar-refractivity contribution in [2.24, 2.45) is 0 Å². The summed E-state index contributed by atoms with van der Waals surface area (Å²) in [5.74, 6) is 0.430. The lowest BCUT2D eigenvalue weighted by atomic mass is 9.76. The summed E-state index contributed by atoms with van der Waals surface area (Å²) in [5, 5.41) is 2.23. The minimum absolute atomic E-state index is 0.213. The minimum atomic E-state index is -0.213. The summed E-state index contributed by atoms with van der Waals surface area (Å²) in [6, 6.07) is 69.0. The van der Waals surface area contributed by atoms with Gasteiger partial charge in [0.15, 0.2) is 5.82 Å². The molecular weight excluding hydrogens is 717 g/mol. The Morgan fingerprint density at radius 1 is 0.356 bits per heavy atom. The first-order valence-corrected chi connectivity index (χ1v) is 20.3. The van der Waals surface area contributed by atoms with Gasteiger partial charge in [0.25, 0.3) is 0 Å². The molecule has 0 saturated heterocycles. The fourth-order valence-electron chi connectivity index (χ4n) is 8.84. The van der Waals surface area contributed by atoms with Gasteiger partial charge in [-0.25, -0.2) is 9.97 Å². The van der Waals surface area contributed by atoms with Gasteiger partial charge in [-0.3, -0.25) is 0 Å². The molecule has 0 N–H and O–H groups in total. The Labute approximate surface area is 345 Å². The first-order chi connectivity index (χ1) is 29.0. The van der Waals surface area contributed by atoms with E-state index in [-0.39, 0.29) is 5.92 Å². The van der Waals surface area contributed by atoms with Gasteiger partial charge >= 0.3 is 0 Å². The van der Waals surface area contributed by atoms with Gasteiger partial charge < -0.3 is 4.42 Å². The first kappa shape index (κ1) is 36.0. The molecule has 0 fully saturated rings. The second-order valence-corrected chi connectivity index (χ2v) is 15.4. The molecule has 0 aliphatic heterocycles. The Kier molecular flexibility index (Phi) is 9.27. The zero-order valence-corrected chi connectivity index (χ0v) is 33.4. The van der Waals surface area contributed by atoms with Gasteiger partial charge in [0.2, 0.25) is 0 Å². The third-order valence-electron chi connectivity index (χ3n) is 11.7. The van der Waals surface area contributed by atoms with E-state index in [1.165, 1.54) is 50.1 Å². The lowest BCUT2D eigenvalue weighted by Gasteiger charge is -2.27. The highest BCUT2D eigenvalue weighted by Gasteiger charge is 2.29. The van der Waals surface area contributed by atoms with Gasteiger partial charge in [0.1, 0.15) is 11.2 Å². The molecule has 2 aromatic heterocycles. The zero-order valence-electron chi connectivity index (χ0n) is 33.4. The molecule has 0 aliphatic carbocycles. The molecular formula is C56H42N2O. The van der Waals surface area contributed by atoms with Crippen LogP contribution in [0, 0.1) is 20.8 Å². The van der Waals surface area contributed by atoms with Crippen molar-refractivity contribution < 1.29 is 4.42 Å². The van der Waals surface area contributed by atoms with Crippen LogP contribution >= 0.6 is 0 Å². The fourth-order valence-corrected chi connectivity index (χ4v) is 8.84. The quantitative estimate of drug-likeness (QED) is 0.145. The molecule has 0 atom stereocenters. The highest BCUT2D eigenvalue weighted by Crippen LogP contribution is 2.48. The molecule has 0 spiro atoms. The molecule has 0 radical (unpaired) electrons. The number of hydrogen-bond acceptors (Lipinski definition) is 3. The van der Waals surface area contributed by atoms with Crippen molar-refractivity contribution in [2.45, 2.75) is 26.7 Å². The number of fused-ring (bicyclic) bond motifs is 3. The third kappa shape index (κ3) is 6.61. The van der Waals surface area contributed by atoms with Gasteiger partial charge in [-0.05, 0) is 101 Å². The smallest absolute Gasteiger partial charge is 0.160 e. The summed E-state index contributed by atoms with van der Waals surface area (Å²) >= 11 is 0. The van der Waals surface area contributed by atoms with Gasteiger partial charge in [-0.15, -0.1) is 0 Å². The number of furan rings is 1. The molecule has 0 bridgehead atoms. The molecule has 3 heteroatoms. The van der Waals surface area contributed by atoms with Crippen LogP contribution in [0.1, 0.15) is 39.3 Å². The van der Waals surface area contributed by atoms with Gasteiger partial charge in [-0.1, -0.05) is 170 Å². The predicted molar refractivity (Wildman–Crippen MR) is 245 cm³/mol. The van der Waals surface area contributed by atoms with Crippen molar-refractivity contribution in [1.82, 2.24) is 9.97 Å². The summed E-state index contributed by atoms with van der Waals surface area (Å²) < 4.78 is 6.90. The highest BCUT2D eigenvalue weighted by atomic mass is 16.3. The SMILES string of the molecule is Cc1ccccc1-c1ccccc1C(c1ccccc1-c1ccccc1C)c1cc(-c2nc(-c3ccccc3)cc(-c3ccccc3)n2)cc2oc3cccc(C)c3c12. The van der Waals surface area contributed by atoms with Crippen LogP contribution < -0.4 is 0 Å². The fraction of sp³-hybridized carbons (Fsp3) is 0.0714. The molecule has 2 heterocycles. The Bertz CT molecular complexity index is 3000. The Hall–Kier alpha value is -7.36. The zero-order chi connectivity index (χ0) is 39.9. The summed E-state index contributed by atoms with van der Waals surface area (Å²) in [4.78, 5) is 10.6. The topological polar surface area (TPSA) is 38.9 Å².